The molecule has 1 heterocycles. The number of benzene rings is 1. The summed E-state index contributed by atoms with van der Waals surface area (Å²) >= 11 is 3.42. The third kappa shape index (κ3) is 8.79. The van der Waals surface area contributed by atoms with Crippen LogP contribution in [0.5, 0.6) is 0 Å². The Hall–Kier alpha value is -1.55. The molecule has 3 N–H and O–H groups in total. The maximum Gasteiger partial charge on any atom is 0.226 e. The molecule has 0 aliphatic carbocycles. The molecular formula is C19H26BrIN4O2. The van der Waals surface area contributed by atoms with E-state index in [-0.39, 0.29) is 29.9 Å². The zero-order chi connectivity index (χ0) is 18.8. The number of nitrogens with one attached hydrogen (secondary N) is 3. The molecule has 0 fully saturated rings. The zero-order valence-corrected chi connectivity index (χ0v) is 19.5. The number of halogens is 2. The fourth-order valence-electron chi connectivity index (χ4n) is 2.31. The van der Waals surface area contributed by atoms with Crippen LogP contribution in [-0.2, 0) is 11.2 Å². The lowest BCUT2D eigenvalue weighted by Gasteiger charge is -2.12. The molecule has 2 rings (SSSR count). The number of carbonyl (C=O) groups is 1. The van der Waals surface area contributed by atoms with Crippen molar-refractivity contribution < 1.29 is 9.21 Å². The molecule has 1 amide bonds. The first-order chi connectivity index (χ1) is 12.6. The van der Waals surface area contributed by atoms with Crippen LogP contribution >= 0.6 is 39.9 Å². The Balaban J connectivity index is 0.00000364. The van der Waals surface area contributed by atoms with Gasteiger partial charge >= 0.3 is 0 Å². The van der Waals surface area contributed by atoms with Gasteiger partial charge in [-0.2, -0.15) is 0 Å². The van der Waals surface area contributed by atoms with Gasteiger partial charge < -0.3 is 20.4 Å². The van der Waals surface area contributed by atoms with Crippen molar-refractivity contribution >= 4 is 57.5 Å². The second kappa shape index (κ2) is 12.8. The third-order valence-corrected chi connectivity index (χ3v) is 4.16. The van der Waals surface area contributed by atoms with E-state index in [0.29, 0.717) is 25.5 Å². The molecule has 0 saturated carbocycles. The Labute approximate surface area is 185 Å². The maximum absolute atomic E-state index is 12.1. The summed E-state index contributed by atoms with van der Waals surface area (Å²) in [6.07, 6.45) is 2.76. The van der Waals surface area contributed by atoms with E-state index in [2.05, 4.69) is 36.9 Å². The van der Waals surface area contributed by atoms with Crippen LogP contribution in [0, 0.1) is 6.92 Å². The molecule has 0 saturated heterocycles. The van der Waals surface area contributed by atoms with Crippen LogP contribution in [0.4, 0.5) is 5.69 Å². The average molecular weight is 549 g/mol. The van der Waals surface area contributed by atoms with Gasteiger partial charge in [0, 0.05) is 42.6 Å². The van der Waals surface area contributed by atoms with Gasteiger partial charge in [-0.15, -0.1) is 24.0 Å². The van der Waals surface area contributed by atoms with Crippen molar-refractivity contribution in [1.29, 1.82) is 0 Å². The molecule has 2 aromatic rings. The summed E-state index contributed by atoms with van der Waals surface area (Å²) in [4.78, 5) is 16.6. The molecule has 27 heavy (non-hydrogen) atoms. The predicted molar refractivity (Wildman–Crippen MR) is 124 cm³/mol. The van der Waals surface area contributed by atoms with E-state index >= 15 is 0 Å². The van der Waals surface area contributed by atoms with E-state index in [0.717, 1.165) is 34.4 Å². The lowest BCUT2D eigenvalue weighted by Crippen LogP contribution is -2.38. The number of hydrogen-bond acceptors (Lipinski definition) is 3. The van der Waals surface area contributed by atoms with Gasteiger partial charge in [-0.3, -0.25) is 9.79 Å². The minimum absolute atomic E-state index is 0. The fraction of sp³-hybridized carbons (Fsp3) is 0.368. The largest absolute Gasteiger partial charge is 0.469 e. The molecule has 0 aliphatic heterocycles. The summed E-state index contributed by atoms with van der Waals surface area (Å²) in [6, 6.07) is 9.63. The van der Waals surface area contributed by atoms with Crippen molar-refractivity contribution in [3.05, 3.63) is 52.4 Å². The lowest BCUT2D eigenvalue weighted by molar-refractivity contribution is -0.116. The van der Waals surface area contributed by atoms with Crippen molar-refractivity contribution in [2.24, 2.45) is 4.99 Å². The Morgan fingerprint density at radius 2 is 2.07 bits per heavy atom. The van der Waals surface area contributed by atoms with Crippen LogP contribution in [0.25, 0.3) is 0 Å². The van der Waals surface area contributed by atoms with Crippen LogP contribution in [0.15, 0.2) is 50.5 Å². The van der Waals surface area contributed by atoms with Crippen LogP contribution < -0.4 is 16.0 Å². The van der Waals surface area contributed by atoms with Crippen molar-refractivity contribution in [2.45, 2.75) is 26.7 Å². The first-order valence-electron chi connectivity index (χ1n) is 8.69. The van der Waals surface area contributed by atoms with Crippen LogP contribution in [0.1, 0.15) is 24.7 Å². The molecule has 0 radical (unpaired) electrons. The summed E-state index contributed by atoms with van der Waals surface area (Å²) in [7, 11) is 0. The lowest BCUT2D eigenvalue weighted by atomic mass is 10.2. The average Bonchev–Trinajstić information content (AvgIpc) is 3.11. The fourth-order valence-corrected chi connectivity index (χ4v) is 2.67. The van der Waals surface area contributed by atoms with Crippen molar-refractivity contribution in [3.8, 4) is 0 Å². The van der Waals surface area contributed by atoms with E-state index in [9.17, 15) is 4.79 Å². The first-order valence-corrected chi connectivity index (χ1v) is 9.48. The number of hydrogen-bond donors (Lipinski definition) is 3. The van der Waals surface area contributed by atoms with Gasteiger partial charge in [0.1, 0.15) is 5.76 Å². The molecule has 0 aliphatic rings. The summed E-state index contributed by atoms with van der Waals surface area (Å²) in [6.45, 7) is 5.86. The van der Waals surface area contributed by atoms with Gasteiger partial charge in [0.15, 0.2) is 5.96 Å². The highest BCUT2D eigenvalue weighted by atomic mass is 127. The summed E-state index contributed by atoms with van der Waals surface area (Å²) in [5.41, 5.74) is 1.85. The second-order valence-corrected chi connectivity index (χ2v) is 6.69. The summed E-state index contributed by atoms with van der Waals surface area (Å²) in [5, 5.41) is 9.29. The van der Waals surface area contributed by atoms with Crippen LogP contribution in [0.2, 0.25) is 0 Å². The monoisotopic (exact) mass is 548 g/mol. The molecule has 0 bridgehead atoms. The van der Waals surface area contributed by atoms with Crippen LogP contribution in [-0.4, -0.2) is 31.5 Å². The number of anilines is 1. The van der Waals surface area contributed by atoms with Gasteiger partial charge in [0.2, 0.25) is 5.91 Å². The first kappa shape index (κ1) is 23.5. The molecule has 0 unspecified atom stereocenters. The molecule has 8 heteroatoms. The zero-order valence-electron chi connectivity index (χ0n) is 15.5. The highest BCUT2D eigenvalue weighted by Crippen LogP contribution is 2.20. The third-order valence-electron chi connectivity index (χ3n) is 3.67. The van der Waals surface area contributed by atoms with Crippen molar-refractivity contribution in [2.75, 3.05) is 25.0 Å². The minimum atomic E-state index is -0.0369. The number of aliphatic imine (C=N–C) groups is 1. The van der Waals surface area contributed by atoms with Crippen LogP contribution in [0.3, 0.4) is 0 Å². The molecule has 0 spiro atoms. The van der Waals surface area contributed by atoms with Gasteiger partial charge in [-0.05, 0) is 43.7 Å². The number of nitrogens with zero attached hydrogens (tertiary/aromatic N) is 1. The molecule has 6 nitrogen and oxygen atoms in total. The number of amides is 1. The number of carbonyl (C=O) groups excluding carboxylic acids is 1. The Morgan fingerprint density at radius 3 is 2.78 bits per heavy atom. The van der Waals surface area contributed by atoms with E-state index in [1.54, 1.807) is 6.26 Å². The molecule has 0 atom stereocenters. The van der Waals surface area contributed by atoms with Gasteiger partial charge in [0.25, 0.3) is 0 Å². The standard InChI is InChI=1S/C19H25BrN4O2.HI/c1-3-21-19(22-10-8-16-5-4-12-26-16)23-11-9-18(25)24-17-13-15(20)7-6-14(17)2;/h4-7,12-13H,3,8-11H2,1-2H3,(H,24,25)(H2,21,22,23);1H. The highest BCUT2D eigenvalue weighted by Gasteiger charge is 2.06. The van der Waals surface area contributed by atoms with Gasteiger partial charge in [-0.25, -0.2) is 0 Å². The van der Waals surface area contributed by atoms with Gasteiger partial charge in [-0.1, -0.05) is 22.0 Å². The Kier molecular flexibility index (Phi) is 11.1. The van der Waals surface area contributed by atoms with E-state index in [1.807, 2.05) is 44.2 Å². The van der Waals surface area contributed by atoms with E-state index in [4.69, 9.17) is 4.42 Å². The number of aryl methyl sites for hydroxylation is 1. The Bertz CT molecular complexity index is 735. The number of furan rings is 1. The molecule has 1 aromatic heterocycles. The van der Waals surface area contributed by atoms with Crippen molar-refractivity contribution in [3.63, 3.8) is 0 Å². The van der Waals surface area contributed by atoms with Crippen molar-refractivity contribution in [1.82, 2.24) is 10.6 Å². The van der Waals surface area contributed by atoms with E-state index in [1.165, 1.54) is 0 Å². The SMILES string of the molecule is CCNC(=NCCc1ccco1)NCCC(=O)Nc1cc(Br)ccc1C.I. The number of rotatable bonds is 8. The summed E-state index contributed by atoms with van der Waals surface area (Å²) < 4.78 is 6.24. The topological polar surface area (TPSA) is 78.7 Å². The van der Waals surface area contributed by atoms with Gasteiger partial charge in [0.05, 0.1) is 6.26 Å². The maximum atomic E-state index is 12.1. The Morgan fingerprint density at radius 1 is 1.26 bits per heavy atom. The molecule has 1 aromatic carbocycles. The quantitative estimate of drug-likeness (QED) is 0.264. The summed E-state index contributed by atoms with van der Waals surface area (Å²) in [5.74, 6) is 1.57. The predicted octanol–water partition coefficient (Wildman–Crippen LogP) is 4.09. The molecule has 148 valence electrons. The second-order valence-electron chi connectivity index (χ2n) is 5.77. The number of guanidine groups is 1. The highest BCUT2D eigenvalue weighted by molar-refractivity contribution is 14.0. The van der Waals surface area contributed by atoms with E-state index < -0.39 is 0 Å². The normalized spacial score (nSPS) is 10.9. The minimum Gasteiger partial charge on any atom is -0.469 e. The molecular weight excluding hydrogens is 523 g/mol. The smallest absolute Gasteiger partial charge is 0.226 e.